The summed E-state index contributed by atoms with van der Waals surface area (Å²) in [6.07, 6.45) is 1.81. The van der Waals surface area contributed by atoms with E-state index >= 15 is 0 Å². The van der Waals surface area contributed by atoms with Gasteiger partial charge in [-0.1, -0.05) is 28.9 Å². The number of aromatic nitrogens is 3. The first-order valence-electron chi connectivity index (χ1n) is 7.00. The molecule has 0 saturated carbocycles. The molecule has 0 radical (unpaired) electrons. The third-order valence-electron chi connectivity index (χ3n) is 3.36. The lowest BCUT2D eigenvalue weighted by Crippen LogP contribution is -2.26. The second-order valence-corrected chi connectivity index (χ2v) is 5.68. The van der Waals surface area contributed by atoms with Gasteiger partial charge >= 0.3 is 0 Å². The number of hydrogen-bond donors (Lipinski definition) is 0. The molecule has 3 aromatic rings. The molecule has 6 nitrogen and oxygen atoms in total. The quantitative estimate of drug-likeness (QED) is 0.737. The molecule has 1 amide bonds. The lowest BCUT2D eigenvalue weighted by atomic mass is 10.2. The van der Waals surface area contributed by atoms with E-state index < -0.39 is 0 Å². The molecule has 0 bridgehead atoms. The van der Waals surface area contributed by atoms with Crippen LogP contribution in [0.3, 0.4) is 0 Å². The Labute approximate surface area is 138 Å². The first kappa shape index (κ1) is 15.3. The molecular formula is C16H15ClN4O2. The van der Waals surface area contributed by atoms with Gasteiger partial charge in [0.25, 0.3) is 5.89 Å². The number of halogens is 1. The lowest BCUT2D eigenvalue weighted by Gasteiger charge is -2.11. The van der Waals surface area contributed by atoms with Gasteiger partial charge < -0.3 is 14.0 Å². The molecular weight excluding hydrogens is 316 g/mol. The maximum atomic E-state index is 11.9. The average Bonchev–Trinajstić information content (AvgIpc) is 3.15. The van der Waals surface area contributed by atoms with E-state index in [-0.39, 0.29) is 12.5 Å². The fraction of sp³-hybridized carbons (Fsp3) is 0.188. The van der Waals surface area contributed by atoms with Crippen molar-refractivity contribution in [3.8, 4) is 23.0 Å². The van der Waals surface area contributed by atoms with E-state index in [0.29, 0.717) is 22.4 Å². The fourth-order valence-electron chi connectivity index (χ4n) is 2.11. The number of benzene rings is 1. The summed E-state index contributed by atoms with van der Waals surface area (Å²) < 4.78 is 7.11. The van der Waals surface area contributed by atoms with E-state index in [4.69, 9.17) is 16.1 Å². The third-order valence-corrected chi connectivity index (χ3v) is 3.60. The molecule has 0 fully saturated rings. The summed E-state index contributed by atoms with van der Waals surface area (Å²) in [4.78, 5) is 17.8. The molecule has 23 heavy (non-hydrogen) atoms. The number of nitrogens with zero attached hydrogens (tertiary/aromatic N) is 4. The fourth-order valence-corrected chi connectivity index (χ4v) is 2.30. The van der Waals surface area contributed by atoms with Crippen LogP contribution in [0.15, 0.2) is 47.1 Å². The van der Waals surface area contributed by atoms with Crippen LogP contribution in [0.4, 0.5) is 0 Å². The Morgan fingerprint density at radius 1 is 1.30 bits per heavy atom. The SMILES string of the molecule is CN(C)C(=O)Cn1cccc1-c1nc(-c2cccc(Cl)c2)no1. The van der Waals surface area contributed by atoms with Crippen LogP contribution in [-0.4, -0.2) is 39.6 Å². The summed E-state index contributed by atoms with van der Waals surface area (Å²) in [6, 6.07) is 10.9. The van der Waals surface area contributed by atoms with Gasteiger partial charge in [-0.3, -0.25) is 4.79 Å². The van der Waals surface area contributed by atoms with Gasteiger partial charge in [0.15, 0.2) is 0 Å². The van der Waals surface area contributed by atoms with E-state index in [1.165, 1.54) is 4.90 Å². The summed E-state index contributed by atoms with van der Waals surface area (Å²) in [5, 5.41) is 4.59. The molecule has 0 spiro atoms. The predicted octanol–water partition coefficient (Wildman–Crippen LogP) is 2.95. The van der Waals surface area contributed by atoms with Gasteiger partial charge in [-0.05, 0) is 24.3 Å². The zero-order chi connectivity index (χ0) is 16.4. The standard InChI is InChI=1S/C16H15ClN4O2/c1-20(2)14(22)10-21-8-4-7-13(21)16-18-15(19-23-16)11-5-3-6-12(17)9-11/h3-9H,10H2,1-2H3. The van der Waals surface area contributed by atoms with Crippen LogP contribution in [0, 0.1) is 0 Å². The third kappa shape index (κ3) is 3.27. The van der Waals surface area contributed by atoms with E-state index in [0.717, 1.165) is 5.56 Å². The van der Waals surface area contributed by atoms with Crippen LogP contribution in [0.2, 0.25) is 5.02 Å². The highest BCUT2D eigenvalue weighted by Gasteiger charge is 2.16. The van der Waals surface area contributed by atoms with Crippen LogP contribution < -0.4 is 0 Å². The Hall–Kier alpha value is -2.60. The van der Waals surface area contributed by atoms with Crippen LogP contribution in [0.25, 0.3) is 23.0 Å². The Kier molecular flexibility index (Phi) is 4.16. The minimum atomic E-state index is -0.0166. The zero-order valence-electron chi connectivity index (χ0n) is 12.7. The van der Waals surface area contributed by atoms with E-state index in [9.17, 15) is 4.79 Å². The van der Waals surface area contributed by atoms with Crippen LogP contribution in [0.5, 0.6) is 0 Å². The van der Waals surface area contributed by atoms with Gasteiger partial charge in [-0.15, -0.1) is 0 Å². The highest BCUT2D eigenvalue weighted by molar-refractivity contribution is 6.30. The zero-order valence-corrected chi connectivity index (χ0v) is 13.5. The minimum absolute atomic E-state index is 0.0166. The van der Waals surface area contributed by atoms with Gasteiger partial charge in [0.05, 0.1) is 0 Å². The summed E-state index contributed by atoms with van der Waals surface area (Å²) >= 11 is 5.98. The van der Waals surface area contributed by atoms with Gasteiger partial charge in [-0.25, -0.2) is 0 Å². The summed E-state index contributed by atoms with van der Waals surface area (Å²) in [6.45, 7) is 0.213. The molecule has 3 rings (SSSR count). The van der Waals surface area contributed by atoms with Gasteiger partial charge in [0.2, 0.25) is 11.7 Å². The van der Waals surface area contributed by atoms with E-state index in [2.05, 4.69) is 10.1 Å². The number of hydrogen-bond acceptors (Lipinski definition) is 4. The largest absolute Gasteiger partial charge is 0.347 e. The summed E-state index contributed by atoms with van der Waals surface area (Å²) in [7, 11) is 3.44. The monoisotopic (exact) mass is 330 g/mol. The molecule has 0 atom stereocenters. The molecule has 0 aliphatic carbocycles. The maximum Gasteiger partial charge on any atom is 0.274 e. The summed E-state index contributed by atoms with van der Waals surface area (Å²) in [5.74, 6) is 0.794. The molecule has 0 aliphatic rings. The number of rotatable bonds is 4. The molecule has 118 valence electrons. The maximum absolute atomic E-state index is 11.9. The smallest absolute Gasteiger partial charge is 0.274 e. The van der Waals surface area contributed by atoms with Crippen molar-refractivity contribution < 1.29 is 9.32 Å². The van der Waals surface area contributed by atoms with Gasteiger partial charge in [0, 0.05) is 30.9 Å². The normalized spacial score (nSPS) is 10.7. The molecule has 0 N–H and O–H groups in total. The van der Waals surface area contributed by atoms with Crippen molar-refractivity contribution >= 4 is 17.5 Å². The molecule has 2 heterocycles. The molecule has 0 unspecified atom stereocenters. The highest BCUT2D eigenvalue weighted by Crippen LogP contribution is 2.24. The number of carbonyl (C=O) groups excluding carboxylic acids is 1. The molecule has 7 heteroatoms. The van der Waals surface area contributed by atoms with Crippen molar-refractivity contribution in [2.24, 2.45) is 0 Å². The minimum Gasteiger partial charge on any atom is -0.347 e. The van der Waals surface area contributed by atoms with Crippen molar-refractivity contribution in [1.82, 2.24) is 19.6 Å². The number of likely N-dealkylation sites (N-methyl/N-ethyl adjacent to an activating group) is 1. The molecule has 0 saturated heterocycles. The van der Waals surface area contributed by atoms with Crippen molar-refractivity contribution in [2.75, 3.05) is 14.1 Å². The van der Waals surface area contributed by atoms with Gasteiger partial charge in [-0.2, -0.15) is 4.98 Å². The second-order valence-electron chi connectivity index (χ2n) is 5.24. The van der Waals surface area contributed by atoms with Crippen molar-refractivity contribution in [3.05, 3.63) is 47.6 Å². The molecule has 0 aliphatic heterocycles. The van der Waals surface area contributed by atoms with Crippen LogP contribution >= 0.6 is 11.6 Å². The Bertz CT molecular complexity index is 838. The second kappa shape index (κ2) is 6.26. The lowest BCUT2D eigenvalue weighted by molar-refractivity contribution is -0.129. The van der Waals surface area contributed by atoms with Crippen molar-refractivity contribution in [1.29, 1.82) is 0 Å². The van der Waals surface area contributed by atoms with E-state index in [1.807, 2.05) is 24.3 Å². The first-order chi connectivity index (χ1) is 11.0. The Morgan fingerprint density at radius 2 is 2.13 bits per heavy atom. The molecule has 1 aromatic carbocycles. The van der Waals surface area contributed by atoms with Gasteiger partial charge in [0.1, 0.15) is 12.2 Å². The Morgan fingerprint density at radius 3 is 2.87 bits per heavy atom. The number of amides is 1. The number of carbonyl (C=O) groups is 1. The summed E-state index contributed by atoms with van der Waals surface area (Å²) in [5.41, 5.74) is 1.47. The topological polar surface area (TPSA) is 64.2 Å². The van der Waals surface area contributed by atoms with Crippen molar-refractivity contribution in [3.63, 3.8) is 0 Å². The van der Waals surface area contributed by atoms with Crippen molar-refractivity contribution in [2.45, 2.75) is 6.54 Å². The van der Waals surface area contributed by atoms with Crippen LogP contribution in [0.1, 0.15) is 0 Å². The Balaban J connectivity index is 1.90. The predicted molar refractivity (Wildman–Crippen MR) is 86.9 cm³/mol. The highest BCUT2D eigenvalue weighted by atomic mass is 35.5. The average molecular weight is 331 g/mol. The first-order valence-corrected chi connectivity index (χ1v) is 7.37. The van der Waals surface area contributed by atoms with Crippen LogP contribution in [-0.2, 0) is 11.3 Å². The van der Waals surface area contributed by atoms with E-state index in [1.54, 1.807) is 37.0 Å². The molecule has 2 aromatic heterocycles.